The van der Waals surface area contributed by atoms with Crippen LogP contribution in [0, 0.1) is 0 Å². The lowest BCUT2D eigenvalue weighted by Gasteiger charge is -2.05. The topological polar surface area (TPSA) is 58.9 Å². The molecule has 0 aliphatic carbocycles. The molecule has 0 rings (SSSR count). The fraction of sp³-hybridized carbons (Fsp3) is 1.00. The molecule has 0 aliphatic heterocycles. The quantitative estimate of drug-likeness (QED) is 0.500. The normalized spacial score (nSPS) is 12.9. The van der Waals surface area contributed by atoms with Gasteiger partial charge in [0.05, 0.1) is 32.5 Å². The maximum absolute atomic E-state index is 9.04. The van der Waals surface area contributed by atoms with E-state index in [1.165, 1.54) is 0 Å². The fourth-order valence-corrected chi connectivity index (χ4v) is 1.38. The second-order valence-corrected chi connectivity index (χ2v) is 4.00. The van der Waals surface area contributed by atoms with E-state index in [1.54, 1.807) is 0 Å². The summed E-state index contributed by atoms with van der Waals surface area (Å²) >= 11 is 0. The molecular formula is C12H26O4. The first-order valence-electron chi connectivity index (χ1n) is 6.21. The zero-order chi connectivity index (χ0) is 12.1. The second kappa shape index (κ2) is 12.9. The molecule has 0 amide bonds. The molecule has 0 saturated carbocycles. The summed E-state index contributed by atoms with van der Waals surface area (Å²) in [5.41, 5.74) is 0. The lowest BCUT2D eigenvalue weighted by atomic mass is 10.1. The van der Waals surface area contributed by atoms with Crippen molar-refractivity contribution in [2.24, 2.45) is 0 Å². The van der Waals surface area contributed by atoms with Crippen LogP contribution in [0.15, 0.2) is 0 Å². The van der Waals surface area contributed by atoms with Crippen molar-refractivity contribution in [2.75, 3.05) is 33.0 Å². The van der Waals surface area contributed by atoms with Crippen LogP contribution in [0.3, 0.4) is 0 Å². The van der Waals surface area contributed by atoms with E-state index >= 15 is 0 Å². The maximum Gasteiger partial charge on any atom is 0.0701 e. The Morgan fingerprint density at radius 3 is 2.12 bits per heavy atom. The largest absolute Gasteiger partial charge is 0.394 e. The second-order valence-electron chi connectivity index (χ2n) is 4.00. The lowest BCUT2D eigenvalue weighted by molar-refractivity contribution is 0.0320. The average molecular weight is 234 g/mol. The summed E-state index contributed by atoms with van der Waals surface area (Å²) in [5.74, 6) is 0. The van der Waals surface area contributed by atoms with Gasteiger partial charge in [0.15, 0.2) is 0 Å². The van der Waals surface area contributed by atoms with Crippen molar-refractivity contribution in [1.82, 2.24) is 0 Å². The Morgan fingerprint density at radius 1 is 0.875 bits per heavy atom. The van der Waals surface area contributed by atoms with Crippen molar-refractivity contribution >= 4 is 0 Å². The predicted molar refractivity (Wildman–Crippen MR) is 63.5 cm³/mol. The van der Waals surface area contributed by atoms with Crippen LogP contribution >= 0.6 is 0 Å². The Hall–Kier alpha value is -0.160. The summed E-state index contributed by atoms with van der Waals surface area (Å²) in [6.45, 7) is 4.23. The van der Waals surface area contributed by atoms with Crippen molar-refractivity contribution in [3.63, 3.8) is 0 Å². The van der Waals surface area contributed by atoms with Crippen molar-refractivity contribution in [3.8, 4) is 0 Å². The minimum absolute atomic E-state index is 0.0727. The average Bonchev–Trinajstić information content (AvgIpc) is 2.25. The molecule has 0 fully saturated rings. The van der Waals surface area contributed by atoms with E-state index in [0.717, 1.165) is 38.7 Å². The number of hydrogen-bond donors (Lipinski definition) is 2. The van der Waals surface area contributed by atoms with Crippen molar-refractivity contribution in [3.05, 3.63) is 0 Å². The van der Waals surface area contributed by atoms with E-state index < -0.39 is 0 Å². The number of aliphatic hydroxyl groups is 2. The number of aliphatic hydroxyl groups excluding tert-OH is 2. The summed E-state index contributed by atoms with van der Waals surface area (Å²) in [6, 6.07) is 0. The summed E-state index contributed by atoms with van der Waals surface area (Å²) in [7, 11) is 0. The molecule has 0 aromatic carbocycles. The van der Waals surface area contributed by atoms with Gasteiger partial charge in [0.2, 0.25) is 0 Å². The molecule has 16 heavy (non-hydrogen) atoms. The summed E-state index contributed by atoms with van der Waals surface area (Å²) < 4.78 is 10.4. The van der Waals surface area contributed by atoms with E-state index in [2.05, 4.69) is 0 Å². The fourth-order valence-electron chi connectivity index (χ4n) is 1.38. The molecular weight excluding hydrogens is 208 g/mol. The van der Waals surface area contributed by atoms with Crippen LogP contribution in [0.5, 0.6) is 0 Å². The number of unbranched alkanes of at least 4 members (excludes halogenated alkanes) is 3. The molecule has 0 aromatic heterocycles. The molecule has 0 saturated heterocycles. The van der Waals surface area contributed by atoms with Gasteiger partial charge >= 0.3 is 0 Å². The zero-order valence-corrected chi connectivity index (χ0v) is 10.4. The Bertz CT molecular complexity index is 128. The van der Waals surface area contributed by atoms with Crippen molar-refractivity contribution in [1.29, 1.82) is 0 Å². The summed E-state index contributed by atoms with van der Waals surface area (Å²) in [6.07, 6.45) is 5.21. The molecule has 2 N–H and O–H groups in total. The summed E-state index contributed by atoms with van der Waals surface area (Å²) in [5, 5.41) is 17.5. The molecule has 4 heteroatoms. The molecule has 0 bridgehead atoms. The highest BCUT2D eigenvalue weighted by Gasteiger charge is 1.95. The Labute approximate surface area is 98.6 Å². The maximum atomic E-state index is 9.04. The van der Waals surface area contributed by atoms with Crippen LogP contribution in [0.25, 0.3) is 0 Å². The monoisotopic (exact) mass is 234 g/mol. The standard InChI is InChI=1S/C12H26O4/c1-12(14)6-4-2-3-5-8-15-10-11-16-9-7-13/h12-14H,2-11H2,1H3. The van der Waals surface area contributed by atoms with Gasteiger partial charge in [-0.05, 0) is 19.8 Å². The third kappa shape index (κ3) is 13.8. The Kier molecular flexibility index (Phi) is 12.8. The SMILES string of the molecule is CC(O)CCCCCCOCCOCCO. The first kappa shape index (κ1) is 15.8. The number of hydrogen-bond acceptors (Lipinski definition) is 4. The van der Waals surface area contributed by atoms with Gasteiger partial charge in [-0.25, -0.2) is 0 Å². The van der Waals surface area contributed by atoms with Crippen LogP contribution in [-0.2, 0) is 9.47 Å². The van der Waals surface area contributed by atoms with E-state index in [-0.39, 0.29) is 12.7 Å². The third-order valence-corrected chi connectivity index (χ3v) is 2.27. The Morgan fingerprint density at radius 2 is 1.50 bits per heavy atom. The molecule has 0 heterocycles. The molecule has 0 spiro atoms. The number of ether oxygens (including phenoxy) is 2. The first-order chi connectivity index (χ1) is 7.77. The van der Waals surface area contributed by atoms with Gasteiger partial charge in [0, 0.05) is 6.61 Å². The minimum Gasteiger partial charge on any atom is -0.394 e. The van der Waals surface area contributed by atoms with Crippen LogP contribution in [0.2, 0.25) is 0 Å². The van der Waals surface area contributed by atoms with E-state index in [0.29, 0.717) is 19.8 Å². The molecule has 98 valence electrons. The highest BCUT2D eigenvalue weighted by atomic mass is 16.5. The molecule has 1 atom stereocenters. The number of rotatable bonds is 12. The van der Waals surface area contributed by atoms with Crippen molar-refractivity contribution < 1.29 is 19.7 Å². The van der Waals surface area contributed by atoms with Gasteiger partial charge in [0.1, 0.15) is 0 Å². The smallest absolute Gasteiger partial charge is 0.0701 e. The van der Waals surface area contributed by atoms with Crippen LogP contribution in [0.1, 0.15) is 39.0 Å². The molecule has 1 unspecified atom stereocenters. The minimum atomic E-state index is -0.167. The molecule has 4 nitrogen and oxygen atoms in total. The highest BCUT2D eigenvalue weighted by molar-refractivity contribution is 4.48. The van der Waals surface area contributed by atoms with Gasteiger partial charge in [-0.2, -0.15) is 0 Å². The Balaban J connectivity index is 2.88. The van der Waals surface area contributed by atoms with Crippen LogP contribution in [-0.4, -0.2) is 49.4 Å². The molecule has 0 radical (unpaired) electrons. The lowest BCUT2D eigenvalue weighted by Crippen LogP contribution is -2.07. The van der Waals surface area contributed by atoms with Crippen LogP contribution < -0.4 is 0 Å². The van der Waals surface area contributed by atoms with Crippen LogP contribution in [0.4, 0.5) is 0 Å². The van der Waals surface area contributed by atoms with E-state index in [4.69, 9.17) is 19.7 Å². The van der Waals surface area contributed by atoms with Crippen molar-refractivity contribution in [2.45, 2.75) is 45.1 Å². The van der Waals surface area contributed by atoms with E-state index in [1.807, 2.05) is 6.92 Å². The highest BCUT2D eigenvalue weighted by Crippen LogP contribution is 2.05. The summed E-state index contributed by atoms with van der Waals surface area (Å²) in [4.78, 5) is 0. The van der Waals surface area contributed by atoms with E-state index in [9.17, 15) is 0 Å². The van der Waals surface area contributed by atoms with Gasteiger partial charge < -0.3 is 19.7 Å². The van der Waals surface area contributed by atoms with Gasteiger partial charge in [-0.1, -0.05) is 19.3 Å². The third-order valence-electron chi connectivity index (χ3n) is 2.27. The van der Waals surface area contributed by atoms with Gasteiger partial charge in [-0.3, -0.25) is 0 Å². The van der Waals surface area contributed by atoms with Gasteiger partial charge in [0.25, 0.3) is 0 Å². The molecule has 0 aliphatic rings. The molecule has 0 aromatic rings. The zero-order valence-electron chi connectivity index (χ0n) is 10.4. The first-order valence-corrected chi connectivity index (χ1v) is 6.21. The van der Waals surface area contributed by atoms with Gasteiger partial charge in [-0.15, -0.1) is 0 Å². The predicted octanol–water partition coefficient (Wildman–Crippen LogP) is 1.34.